The Morgan fingerprint density at radius 2 is 1.75 bits per heavy atom. The van der Waals surface area contributed by atoms with E-state index in [0.717, 1.165) is 11.1 Å². The van der Waals surface area contributed by atoms with Crippen molar-refractivity contribution in [3.63, 3.8) is 0 Å². The summed E-state index contributed by atoms with van der Waals surface area (Å²) < 4.78 is 0. The van der Waals surface area contributed by atoms with Gasteiger partial charge in [0.15, 0.2) is 0 Å². The van der Waals surface area contributed by atoms with Crippen LogP contribution in [0.15, 0.2) is 48.5 Å². The minimum absolute atomic E-state index is 0.00381. The molecule has 20 heavy (non-hydrogen) atoms. The number of carbonyl (C=O) groups is 1. The smallest absolute Gasteiger partial charge is 0.251 e. The van der Waals surface area contributed by atoms with Crippen molar-refractivity contribution in [3.8, 4) is 0 Å². The Bertz CT molecular complexity index is 590. The number of hydrogen-bond donors (Lipinski definition) is 1. The van der Waals surface area contributed by atoms with Crippen molar-refractivity contribution in [2.75, 3.05) is 6.54 Å². The minimum atomic E-state index is -0.00381. The monoisotopic (exact) mass is 267 g/mol. The Hall–Kier alpha value is -2.09. The molecule has 0 aliphatic heterocycles. The van der Waals surface area contributed by atoms with Crippen molar-refractivity contribution in [2.24, 2.45) is 0 Å². The zero-order valence-corrected chi connectivity index (χ0v) is 12.3. The van der Waals surface area contributed by atoms with Crippen LogP contribution < -0.4 is 5.32 Å². The van der Waals surface area contributed by atoms with Crippen LogP contribution in [0.4, 0.5) is 0 Å². The molecule has 0 heterocycles. The number of benzene rings is 2. The SMILES string of the molecule is Cc1ccc(C(=O)NCC(C)c2ccccc2)cc1C. The third-order valence-corrected chi connectivity index (χ3v) is 3.71. The fourth-order valence-electron chi connectivity index (χ4n) is 2.13. The molecule has 2 nitrogen and oxygen atoms in total. The number of nitrogens with one attached hydrogen (secondary N) is 1. The molecule has 0 aliphatic carbocycles. The molecule has 0 spiro atoms. The summed E-state index contributed by atoms with van der Waals surface area (Å²) >= 11 is 0. The summed E-state index contributed by atoms with van der Waals surface area (Å²) in [5.41, 5.74) is 4.33. The van der Waals surface area contributed by atoms with Gasteiger partial charge in [-0.3, -0.25) is 4.79 Å². The number of carbonyl (C=O) groups excluding carboxylic acids is 1. The third kappa shape index (κ3) is 3.47. The van der Waals surface area contributed by atoms with Crippen LogP contribution in [0, 0.1) is 13.8 Å². The van der Waals surface area contributed by atoms with Crippen molar-refractivity contribution in [1.29, 1.82) is 0 Å². The maximum absolute atomic E-state index is 12.1. The lowest BCUT2D eigenvalue weighted by Gasteiger charge is -2.13. The van der Waals surface area contributed by atoms with Crippen molar-refractivity contribution >= 4 is 5.91 Å². The Morgan fingerprint density at radius 3 is 2.40 bits per heavy atom. The molecule has 1 N–H and O–H groups in total. The largest absolute Gasteiger partial charge is 0.351 e. The lowest BCUT2D eigenvalue weighted by Crippen LogP contribution is -2.27. The van der Waals surface area contributed by atoms with Gasteiger partial charge in [-0.1, -0.05) is 43.3 Å². The lowest BCUT2D eigenvalue weighted by atomic mass is 10.0. The minimum Gasteiger partial charge on any atom is -0.351 e. The van der Waals surface area contributed by atoms with E-state index in [1.807, 2.05) is 43.3 Å². The van der Waals surface area contributed by atoms with Crippen LogP contribution in [0.25, 0.3) is 0 Å². The average molecular weight is 267 g/mol. The summed E-state index contributed by atoms with van der Waals surface area (Å²) in [6.07, 6.45) is 0. The molecule has 104 valence electrons. The highest BCUT2D eigenvalue weighted by Gasteiger charge is 2.09. The van der Waals surface area contributed by atoms with Crippen molar-refractivity contribution in [1.82, 2.24) is 5.32 Å². The van der Waals surface area contributed by atoms with Crippen LogP contribution in [0.5, 0.6) is 0 Å². The highest BCUT2D eigenvalue weighted by Crippen LogP contribution is 2.14. The van der Waals surface area contributed by atoms with E-state index in [4.69, 9.17) is 0 Å². The Kier molecular flexibility index (Phi) is 4.57. The zero-order valence-electron chi connectivity index (χ0n) is 12.3. The van der Waals surface area contributed by atoms with Crippen LogP contribution in [-0.4, -0.2) is 12.5 Å². The Balaban J connectivity index is 1.97. The highest BCUT2D eigenvalue weighted by atomic mass is 16.1. The maximum Gasteiger partial charge on any atom is 0.251 e. The van der Waals surface area contributed by atoms with Crippen LogP contribution in [0.3, 0.4) is 0 Å². The molecule has 1 atom stereocenters. The van der Waals surface area contributed by atoms with E-state index in [1.54, 1.807) is 0 Å². The fraction of sp³-hybridized carbons (Fsp3) is 0.278. The van der Waals surface area contributed by atoms with E-state index in [1.165, 1.54) is 11.1 Å². The molecule has 0 fully saturated rings. The second-order valence-electron chi connectivity index (χ2n) is 5.32. The van der Waals surface area contributed by atoms with Gasteiger partial charge in [0.05, 0.1) is 0 Å². The topological polar surface area (TPSA) is 29.1 Å². The molecule has 0 aliphatic rings. The van der Waals surface area contributed by atoms with Gasteiger partial charge in [-0.2, -0.15) is 0 Å². The summed E-state index contributed by atoms with van der Waals surface area (Å²) in [6.45, 7) is 6.85. The van der Waals surface area contributed by atoms with Crippen molar-refractivity contribution in [2.45, 2.75) is 26.7 Å². The molecule has 0 saturated heterocycles. The van der Waals surface area contributed by atoms with Gasteiger partial charge in [0.1, 0.15) is 0 Å². The summed E-state index contributed by atoms with van der Waals surface area (Å²) in [6, 6.07) is 16.0. The molecule has 0 aromatic heterocycles. The number of aryl methyl sites for hydroxylation is 2. The summed E-state index contributed by atoms with van der Waals surface area (Å²) in [7, 11) is 0. The molecule has 0 radical (unpaired) electrons. The summed E-state index contributed by atoms with van der Waals surface area (Å²) in [4.78, 5) is 12.1. The lowest BCUT2D eigenvalue weighted by molar-refractivity contribution is 0.0951. The van der Waals surface area contributed by atoms with Gasteiger partial charge < -0.3 is 5.32 Å². The van der Waals surface area contributed by atoms with Gasteiger partial charge in [0.25, 0.3) is 5.91 Å². The predicted octanol–water partition coefficient (Wildman–Crippen LogP) is 3.84. The maximum atomic E-state index is 12.1. The van der Waals surface area contributed by atoms with E-state index >= 15 is 0 Å². The number of hydrogen-bond acceptors (Lipinski definition) is 1. The quantitative estimate of drug-likeness (QED) is 0.896. The van der Waals surface area contributed by atoms with Gasteiger partial charge in [0.2, 0.25) is 0 Å². The van der Waals surface area contributed by atoms with E-state index < -0.39 is 0 Å². The first-order valence-corrected chi connectivity index (χ1v) is 6.98. The molecular weight excluding hydrogens is 246 g/mol. The first-order valence-electron chi connectivity index (χ1n) is 6.98. The molecular formula is C18H21NO. The van der Waals surface area contributed by atoms with Gasteiger partial charge in [-0.25, -0.2) is 0 Å². The molecule has 2 aromatic carbocycles. The first-order chi connectivity index (χ1) is 9.58. The van der Waals surface area contributed by atoms with Crippen LogP contribution in [0.2, 0.25) is 0 Å². The van der Waals surface area contributed by atoms with Crippen LogP contribution in [0.1, 0.15) is 39.9 Å². The Morgan fingerprint density at radius 1 is 1.05 bits per heavy atom. The van der Waals surface area contributed by atoms with E-state index in [2.05, 4.69) is 31.3 Å². The van der Waals surface area contributed by atoms with Gasteiger partial charge in [-0.05, 0) is 48.6 Å². The standard InChI is InChI=1S/C18H21NO/c1-13-9-10-17(11-14(13)2)18(20)19-12-15(3)16-7-5-4-6-8-16/h4-11,15H,12H2,1-3H3,(H,19,20). The van der Waals surface area contributed by atoms with Crippen LogP contribution in [-0.2, 0) is 0 Å². The first kappa shape index (κ1) is 14.3. The highest BCUT2D eigenvalue weighted by molar-refractivity contribution is 5.94. The van der Waals surface area contributed by atoms with E-state index in [9.17, 15) is 4.79 Å². The van der Waals surface area contributed by atoms with Gasteiger partial charge in [-0.15, -0.1) is 0 Å². The van der Waals surface area contributed by atoms with Crippen LogP contribution >= 0.6 is 0 Å². The average Bonchev–Trinajstić information content (AvgIpc) is 2.48. The fourth-order valence-corrected chi connectivity index (χ4v) is 2.13. The van der Waals surface area contributed by atoms with E-state index in [0.29, 0.717) is 12.5 Å². The molecule has 2 rings (SSSR count). The molecule has 0 saturated carbocycles. The van der Waals surface area contributed by atoms with E-state index in [-0.39, 0.29) is 5.91 Å². The van der Waals surface area contributed by atoms with Gasteiger partial charge in [0, 0.05) is 12.1 Å². The Labute approximate surface area is 120 Å². The second kappa shape index (κ2) is 6.38. The molecule has 1 unspecified atom stereocenters. The number of amides is 1. The molecule has 0 bridgehead atoms. The predicted molar refractivity (Wildman–Crippen MR) is 83.1 cm³/mol. The molecule has 2 aromatic rings. The molecule has 1 amide bonds. The molecule has 2 heteroatoms. The zero-order chi connectivity index (χ0) is 14.5. The van der Waals surface area contributed by atoms with Gasteiger partial charge >= 0.3 is 0 Å². The third-order valence-electron chi connectivity index (χ3n) is 3.71. The summed E-state index contributed by atoms with van der Waals surface area (Å²) in [5, 5.41) is 3.00. The van der Waals surface area contributed by atoms with Crippen molar-refractivity contribution in [3.05, 3.63) is 70.8 Å². The second-order valence-corrected chi connectivity index (χ2v) is 5.32. The van der Waals surface area contributed by atoms with Crippen molar-refractivity contribution < 1.29 is 4.79 Å². The summed E-state index contributed by atoms with van der Waals surface area (Å²) in [5.74, 6) is 0.308. The number of rotatable bonds is 4. The normalized spacial score (nSPS) is 11.9.